The lowest BCUT2D eigenvalue weighted by molar-refractivity contribution is 0.169. The summed E-state index contributed by atoms with van der Waals surface area (Å²) in [5.74, 6) is 1.09. The van der Waals surface area contributed by atoms with Crippen LogP contribution in [0.4, 0.5) is 0 Å². The van der Waals surface area contributed by atoms with Crippen LogP contribution >= 0.6 is 0 Å². The Morgan fingerprint density at radius 1 is 1.29 bits per heavy atom. The van der Waals surface area contributed by atoms with Crippen molar-refractivity contribution in [1.29, 1.82) is 0 Å². The van der Waals surface area contributed by atoms with Gasteiger partial charge in [-0.05, 0) is 30.9 Å². The van der Waals surface area contributed by atoms with Gasteiger partial charge in [-0.3, -0.25) is 0 Å². The third kappa shape index (κ3) is 2.50. The summed E-state index contributed by atoms with van der Waals surface area (Å²) < 4.78 is 5.78. The number of rotatable bonds is 1. The molecule has 0 bridgehead atoms. The average Bonchev–Trinajstić information content (AvgIpc) is 2.31. The highest BCUT2D eigenvalue weighted by Crippen LogP contribution is 2.27. The zero-order valence-corrected chi connectivity index (χ0v) is 9.42. The fourth-order valence-electron chi connectivity index (χ4n) is 1.67. The van der Waals surface area contributed by atoms with Crippen LogP contribution in [0.5, 0.6) is 5.75 Å². The number of hydrogen-bond acceptors (Lipinski definition) is 1. The van der Waals surface area contributed by atoms with Gasteiger partial charge < -0.3 is 4.74 Å². The molecule has 0 spiro atoms. The van der Waals surface area contributed by atoms with Gasteiger partial charge in [0, 0.05) is 0 Å². The maximum Gasteiger partial charge on any atom is 0.122 e. The van der Waals surface area contributed by atoms with Crippen molar-refractivity contribution in [2.45, 2.75) is 46.1 Å². The van der Waals surface area contributed by atoms with E-state index in [1.54, 1.807) is 0 Å². The summed E-state index contributed by atoms with van der Waals surface area (Å²) in [5, 5.41) is 0. The fraction of sp³-hybridized carbons (Fsp3) is 0.538. The van der Waals surface area contributed by atoms with E-state index in [0.717, 1.165) is 12.2 Å². The van der Waals surface area contributed by atoms with Crippen LogP contribution in [-0.4, -0.2) is 6.10 Å². The second kappa shape index (κ2) is 5.69. The molecule has 0 fully saturated rings. The van der Waals surface area contributed by atoms with Gasteiger partial charge in [-0.1, -0.05) is 39.0 Å². The average molecular weight is 192 g/mol. The normalized spacial score (nSPS) is 18.6. The van der Waals surface area contributed by atoms with Crippen molar-refractivity contribution in [3.8, 4) is 5.75 Å². The van der Waals surface area contributed by atoms with Crippen LogP contribution in [0, 0.1) is 0 Å². The Kier molecular flexibility index (Phi) is 4.51. The molecule has 1 aliphatic heterocycles. The van der Waals surface area contributed by atoms with Gasteiger partial charge in [0.15, 0.2) is 0 Å². The molecule has 1 aromatic carbocycles. The van der Waals surface area contributed by atoms with Gasteiger partial charge in [0.25, 0.3) is 0 Å². The number of hydrogen-bond donors (Lipinski definition) is 0. The molecular formula is C13H20O. The molecule has 0 radical (unpaired) electrons. The molecule has 0 amide bonds. The van der Waals surface area contributed by atoms with Crippen molar-refractivity contribution < 1.29 is 4.74 Å². The number of ether oxygens (including phenoxy) is 1. The highest BCUT2D eigenvalue weighted by Gasteiger charge is 2.16. The lowest BCUT2D eigenvalue weighted by atomic mass is 10.0. The number of aryl methyl sites for hydroxylation is 1. The monoisotopic (exact) mass is 192 g/mol. The summed E-state index contributed by atoms with van der Waals surface area (Å²) in [4.78, 5) is 0. The second-order valence-corrected chi connectivity index (χ2v) is 3.29. The minimum absolute atomic E-state index is 0.444. The van der Waals surface area contributed by atoms with E-state index < -0.39 is 0 Å². The molecule has 0 aromatic heterocycles. The van der Waals surface area contributed by atoms with Crippen LogP contribution in [0.3, 0.4) is 0 Å². The molecule has 0 N–H and O–H groups in total. The number of fused-ring (bicyclic) bond motifs is 1. The minimum Gasteiger partial charge on any atom is -0.490 e. The third-order valence-corrected chi connectivity index (χ3v) is 2.46. The maximum absolute atomic E-state index is 5.78. The molecule has 1 aromatic rings. The van der Waals surface area contributed by atoms with E-state index >= 15 is 0 Å². The Bertz CT molecular complexity index is 268. The first kappa shape index (κ1) is 11.1. The molecule has 14 heavy (non-hydrogen) atoms. The Labute approximate surface area is 87.1 Å². The predicted octanol–water partition coefficient (Wildman–Crippen LogP) is 3.82. The van der Waals surface area contributed by atoms with E-state index in [1.165, 1.54) is 18.4 Å². The van der Waals surface area contributed by atoms with Gasteiger partial charge in [0.2, 0.25) is 0 Å². The zero-order chi connectivity index (χ0) is 10.4. The smallest absolute Gasteiger partial charge is 0.122 e. The fourth-order valence-corrected chi connectivity index (χ4v) is 1.67. The zero-order valence-electron chi connectivity index (χ0n) is 9.42. The van der Waals surface area contributed by atoms with Crippen molar-refractivity contribution in [3.05, 3.63) is 29.8 Å². The van der Waals surface area contributed by atoms with Gasteiger partial charge in [-0.15, -0.1) is 0 Å². The molecule has 0 aliphatic carbocycles. The minimum atomic E-state index is 0.444. The van der Waals surface area contributed by atoms with Gasteiger partial charge in [0.1, 0.15) is 5.75 Å². The molecule has 2 rings (SSSR count). The largest absolute Gasteiger partial charge is 0.490 e. The molecule has 78 valence electrons. The van der Waals surface area contributed by atoms with Crippen molar-refractivity contribution in [1.82, 2.24) is 0 Å². The van der Waals surface area contributed by atoms with Crippen molar-refractivity contribution in [2.75, 3.05) is 0 Å². The van der Waals surface area contributed by atoms with Gasteiger partial charge in [-0.2, -0.15) is 0 Å². The number of para-hydroxylation sites is 1. The van der Waals surface area contributed by atoms with Gasteiger partial charge in [0.05, 0.1) is 6.10 Å². The first-order valence-electron chi connectivity index (χ1n) is 5.64. The van der Waals surface area contributed by atoms with Crippen LogP contribution in [0.25, 0.3) is 0 Å². The van der Waals surface area contributed by atoms with Crippen LogP contribution in [-0.2, 0) is 6.42 Å². The highest BCUT2D eigenvalue weighted by atomic mass is 16.5. The van der Waals surface area contributed by atoms with Gasteiger partial charge >= 0.3 is 0 Å². The molecule has 0 saturated carbocycles. The molecule has 0 unspecified atom stereocenters. The SMILES string of the molecule is CC.CC[C@H]1CCc2ccccc2O1. The van der Waals surface area contributed by atoms with E-state index in [1.807, 2.05) is 19.9 Å². The van der Waals surface area contributed by atoms with Crippen molar-refractivity contribution in [2.24, 2.45) is 0 Å². The summed E-state index contributed by atoms with van der Waals surface area (Å²) in [6.45, 7) is 6.18. The maximum atomic E-state index is 5.78. The summed E-state index contributed by atoms with van der Waals surface area (Å²) in [6, 6.07) is 8.34. The van der Waals surface area contributed by atoms with Crippen LogP contribution in [0.2, 0.25) is 0 Å². The van der Waals surface area contributed by atoms with E-state index in [-0.39, 0.29) is 0 Å². The summed E-state index contributed by atoms with van der Waals surface area (Å²) in [7, 11) is 0. The van der Waals surface area contributed by atoms with Crippen molar-refractivity contribution >= 4 is 0 Å². The van der Waals surface area contributed by atoms with Crippen LogP contribution in [0.15, 0.2) is 24.3 Å². The van der Waals surface area contributed by atoms with E-state index in [4.69, 9.17) is 4.74 Å². The Balaban J connectivity index is 0.000000461. The van der Waals surface area contributed by atoms with E-state index in [2.05, 4.69) is 25.1 Å². The Morgan fingerprint density at radius 2 is 2.00 bits per heavy atom. The summed E-state index contributed by atoms with van der Waals surface area (Å²) in [5.41, 5.74) is 1.36. The van der Waals surface area contributed by atoms with E-state index in [0.29, 0.717) is 6.10 Å². The third-order valence-electron chi connectivity index (χ3n) is 2.46. The highest BCUT2D eigenvalue weighted by molar-refractivity contribution is 5.34. The molecular weight excluding hydrogens is 172 g/mol. The second-order valence-electron chi connectivity index (χ2n) is 3.29. The van der Waals surface area contributed by atoms with E-state index in [9.17, 15) is 0 Å². The van der Waals surface area contributed by atoms with Crippen LogP contribution in [0.1, 0.15) is 39.2 Å². The molecule has 1 aliphatic rings. The molecule has 1 atom stereocenters. The summed E-state index contributed by atoms with van der Waals surface area (Å²) in [6.07, 6.45) is 3.91. The lowest BCUT2D eigenvalue weighted by Gasteiger charge is -2.24. The first-order chi connectivity index (χ1) is 6.90. The molecule has 1 heterocycles. The molecule has 1 nitrogen and oxygen atoms in total. The predicted molar refractivity (Wildman–Crippen MR) is 60.8 cm³/mol. The quantitative estimate of drug-likeness (QED) is 0.657. The standard InChI is InChI=1S/C11H14O.C2H6/c1-2-10-8-7-9-5-3-4-6-11(9)12-10;1-2/h3-6,10H,2,7-8H2,1H3;1-2H3/t10-;/m0./s1. The molecule has 0 saturated heterocycles. The topological polar surface area (TPSA) is 9.23 Å². The first-order valence-corrected chi connectivity index (χ1v) is 5.64. The number of benzene rings is 1. The van der Waals surface area contributed by atoms with Crippen LogP contribution < -0.4 is 4.74 Å². The van der Waals surface area contributed by atoms with Gasteiger partial charge in [-0.25, -0.2) is 0 Å². The summed E-state index contributed by atoms with van der Waals surface area (Å²) >= 11 is 0. The Hall–Kier alpha value is -0.980. The lowest BCUT2D eigenvalue weighted by Crippen LogP contribution is -2.21. The Morgan fingerprint density at radius 3 is 2.71 bits per heavy atom. The molecule has 1 heteroatoms. The van der Waals surface area contributed by atoms with Crippen molar-refractivity contribution in [3.63, 3.8) is 0 Å².